The summed E-state index contributed by atoms with van der Waals surface area (Å²) in [5, 5.41) is 11.8. The number of anilines is 1. The van der Waals surface area contributed by atoms with Gasteiger partial charge in [0.1, 0.15) is 5.75 Å². The SMILES string of the molecule is CCOc1ccc2nc(N(Cc3ccccc3)C(=O)c3cc([N+](=O)[O-])ccc3Cl)sc2c1. The third-order valence-electron chi connectivity index (χ3n) is 4.71. The van der Waals surface area contributed by atoms with E-state index >= 15 is 0 Å². The molecule has 7 nitrogen and oxygen atoms in total. The van der Waals surface area contributed by atoms with Crippen molar-refractivity contribution < 1.29 is 14.5 Å². The first-order valence-corrected chi connectivity index (χ1v) is 11.0. The van der Waals surface area contributed by atoms with Gasteiger partial charge in [0.2, 0.25) is 0 Å². The number of rotatable bonds is 7. The number of amides is 1. The van der Waals surface area contributed by atoms with Crippen molar-refractivity contribution in [2.45, 2.75) is 13.5 Å². The van der Waals surface area contributed by atoms with E-state index in [1.807, 2.05) is 55.5 Å². The van der Waals surface area contributed by atoms with Gasteiger partial charge in [0.25, 0.3) is 11.6 Å². The molecule has 3 aromatic carbocycles. The third kappa shape index (κ3) is 4.56. The molecule has 1 amide bonds. The standard InChI is InChI=1S/C23H18ClN3O4S/c1-2-31-17-9-11-20-21(13-17)32-23(25-20)26(14-15-6-4-3-5-7-15)22(28)18-12-16(27(29)30)8-10-19(18)24/h3-13H,2,14H2,1H3. The Labute approximate surface area is 193 Å². The van der Waals surface area contributed by atoms with Crippen molar-refractivity contribution in [3.63, 3.8) is 0 Å². The van der Waals surface area contributed by atoms with Crippen molar-refractivity contribution in [3.05, 3.63) is 93.0 Å². The molecular weight excluding hydrogens is 450 g/mol. The lowest BCUT2D eigenvalue weighted by Crippen LogP contribution is -2.30. The van der Waals surface area contributed by atoms with Gasteiger partial charge in [-0.05, 0) is 36.8 Å². The summed E-state index contributed by atoms with van der Waals surface area (Å²) in [7, 11) is 0. The quantitative estimate of drug-likeness (QED) is 0.242. The Hall–Kier alpha value is -3.49. The fourth-order valence-electron chi connectivity index (χ4n) is 3.19. The van der Waals surface area contributed by atoms with Crippen molar-refractivity contribution in [1.82, 2.24) is 4.98 Å². The van der Waals surface area contributed by atoms with E-state index < -0.39 is 10.8 Å². The lowest BCUT2D eigenvalue weighted by molar-refractivity contribution is -0.384. The van der Waals surface area contributed by atoms with E-state index in [2.05, 4.69) is 4.98 Å². The molecule has 0 spiro atoms. The molecule has 0 aliphatic rings. The number of aromatic nitrogens is 1. The Morgan fingerprint density at radius 3 is 2.66 bits per heavy atom. The largest absolute Gasteiger partial charge is 0.494 e. The van der Waals surface area contributed by atoms with Crippen LogP contribution >= 0.6 is 22.9 Å². The molecule has 4 rings (SSSR count). The first-order chi connectivity index (χ1) is 15.5. The topological polar surface area (TPSA) is 85.6 Å². The molecule has 4 aromatic rings. The van der Waals surface area contributed by atoms with Crippen LogP contribution in [0.3, 0.4) is 0 Å². The van der Waals surface area contributed by atoms with Gasteiger partial charge in [-0.3, -0.25) is 19.8 Å². The summed E-state index contributed by atoms with van der Waals surface area (Å²) >= 11 is 7.60. The number of ether oxygens (including phenoxy) is 1. The molecule has 0 saturated carbocycles. The molecule has 0 aliphatic heterocycles. The molecule has 0 bridgehead atoms. The average Bonchev–Trinajstić information content (AvgIpc) is 3.21. The number of halogens is 1. The number of benzene rings is 3. The van der Waals surface area contributed by atoms with Crippen LogP contribution in [-0.2, 0) is 6.54 Å². The Balaban J connectivity index is 1.79. The predicted molar refractivity (Wildman–Crippen MR) is 126 cm³/mol. The van der Waals surface area contributed by atoms with E-state index in [0.717, 1.165) is 21.5 Å². The molecule has 0 atom stereocenters. The Morgan fingerprint density at radius 1 is 1.16 bits per heavy atom. The van der Waals surface area contributed by atoms with Gasteiger partial charge in [0, 0.05) is 12.1 Å². The highest BCUT2D eigenvalue weighted by Gasteiger charge is 2.25. The number of non-ortho nitro benzene ring substituents is 1. The minimum absolute atomic E-state index is 0.0473. The monoisotopic (exact) mass is 467 g/mol. The van der Waals surface area contributed by atoms with E-state index in [9.17, 15) is 14.9 Å². The van der Waals surface area contributed by atoms with Gasteiger partial charge in [-0.1, -0.05) is 53.3 Å². The Kier molecular flexibility index (Phi) is 6.34. The van der Waals surface area contributed by atoms with Crippen molar-refractivity contribution >= 4 is 49.9 Å². The van der Waals surface area contributed by atoms with Crippen LogP contribution in [0.15, 0.2) is 66.7 Å². The highest BCUT2D eigenvalue weighted by atomic mass is 35.5. The van der Waals surface area contributed by atoms with Crippen LogP contribution in [0.1, 0.15) is 22.8 Å². The fraction of sp³-hybridized carbons (Fsp3) is 0.130. The van der Waals surface area contributed by atoms with Crippen LogP contribution < -0.4 is 9.64 Å². The zero-order valence-electron chi connectivity index (χ0n) is 17.0. The molecule has 0 N–H and O–H groups in total. The number of nitro groups is 1. The van der Waals surface area contributed by atoms with E-state index in [0.29, 0.717) is 11.7 Å². The smallest absolute Gasteiger partial charge is 0.270 e. The second-order valence-corrected chi connectivity index (χ2v) is 8.27. The number of carbonyl (C=O) groups is 1. The van der Waals surface area contributed by atoms with Gasteiger partial charge in [0.05, 0.1) is 38.9 Å². The van der Waals surface area contributed by atoms with Gasteiger partial charge in [-0.2, -0.15) is 0 Å². The minimum atomic E-state index is -0.554. The Bertz CT molecular complexity index is 1290. The van der Waals surface area contributed by atoms with E-state index in [1.54, 1.807) is 0 Å². The maximum atomic E-state index is 13.6. The van der Waals surface area contributed by atoms with E-state index in [4.69, 9.17) is 16.3 Å². The van der Waals surface area contributed by atoms with Crippen LogP contribution in [0.2, 0.25) is 5.02 Å². The average molecular weight is 468 g/mol. The second-order valence-electron chi connectivity index (χ2n) is 6.86. The summed E-state index contributed by atoms with van der Waals surface area (Å²) in [6.07, 6.45) is 0. The molecule has 1 heterocycles. The van der Waals surface area contributed by atoms with E-state index in [-0.39, 0.29) is 22.8 Å². The maximum absolute atomic E-state index is 13.6. The molecule has 32 heavy (non-hydrogen) atoms. The number of nitro benzene ring substituents is 1. The number of fused-ring (bicyclic) bond motifs is 1. The molecule has 0 aliphatic carbocycles. The lowest BCUT2D eigenvalue weighted by atomic mass is 10.1. The lowest BCUT2D eigenvalue weighted by Gasteiger charge is -2.20. The molecular formula is C23H18ClN3O4S. The van der Waals surface area contributed by atoms with E-state index in [1.165, 1.54) is 34.4 Å². The number of hydrogen-bond donors (Lipinski definition) is 0. The fourth-order valence-corrected chi connectivity index (χ4v) is 4.38. The Morgan fingerprint density at radius 2 is 1.94 bits per heavy atom. The number of hydrogen-bond acceptors (Lipinski definition) is 6. The summed E-state index contributed by atoms with van der Waals surface area (Å²) in [4.78, 5) is 30.4. The normalized spacial score (nSPS) is 10.8. The molecule has 0 saturated heterocycles. The first-order valence-electron chi connectivity index (χ1n) is 9.79. The number of nitrogens with zero attached hydrogens (tertiary/aromatic N) is 3. The van der Waals surface area contributed by atoms with Crippen LogP contribution in [0.5, 0.6) is 5.75 Å². The van der Waals surface area contributed by atoms with Gasteiger partial charge >= 0.3 is 0 Å². The molecule has 162 valence electrons. The summed E-state index contributed by atoms with van der Waals surface area (Å²) in [6.45, 7) is 2.68. The van der Waals surface area contributed by atoms with Gasteiger partial charge < -0.3 is 4.74 Å². The maximum Gasteiger partial charge on any atom is 0.270 e. The molecule has 0 fully saturated rings. The summed E-state index contributed by atoms with van der Waals surface area (Å²) in [6, 6.07) is 18.8. The summed E-state index contributed by atoms with van der Waals surface area (Å²) in [5.41, 5.74) is 1.45. The molecule has 9 heteroatoms. The summed E-state index contributed by atoms with van der Waals surface area (Å²) in [5.74, 6) is 0.254. The van der Waals surface area contributed by atoms with Crippen molar-refractivity contribution in [1.29, 1.82) is 0 Å². The summed E-state index contributed by atoms with van der Waals surface area (Å²) < 4.78 is 6.43. The van der Waals surface area contributed by atoms with Crippen molar-refractivity contribution in [2.75, 3.05) is 11.5 Å². The van der Waals surface area contributed by atoms with Crippen LogP contribution in [0.4, 0.5) is 10.8 Å². The predicted octanol–water partition coefficient (Wildman–Crippen LogP) is 6.10. The second kappa shape index (κ2) is 9.33. The zero-order valence-corrected chi connectivity index (χ0v) is 18.6. The third-order valence-corrected chi connectivity index (χ3v) is 6.08. The van der Waals surface area contributed by atoms with Crippen LogP contribution in [0.25, 0.3) is 10.2 Å². The van der Waals surface area contributed by atoms with Crippen LogP contribution in [-0.4, -0.2) is 22.4 Å². The van der Waals surface area contributed by atoms with Gasteiger partial charge in [-0.15, -0.1) is 0 Å². The highest BCUT2D eigenvalue weighted by molar-refractivity contribution is 7.22. The first kappa shape index (κ1) is 21.7. The minimum Gasteiger partial charge on any atom is -0.494 e. The number of carbonyl (C=O) groups excluding carboxylic acids is 1. The molecule has 0 unspecified atom stereocenters. The van der Waals surface area contributed by atoms with Gasteiger partial charge in [-0.25, -0.2) is 4.98 Å². The highest BCUT2D eigenvalue weighted by Crippen LogP contribution is 2.34. The van der Waals surface area contributed by atoms with Crippen molar-refractivity contribution in [3.8, 4) is 5.75 Å². The van der Waals surface area contributed by atoms with Crippen molar-refractivity contribution in [2.24, 2.45) is 0 Å². The molecule has 0 radical (unpaired) electrons. The van der Waals surface area contributed by atoms with Crippen LogP contribution in [0, 0.1) is 10.1 Å². The van der Waals surface area contributed by atoms with Gasteiger partial charge in [0.15, 0.2) is 5.13 Å². The number of thiazole rings is 1. The zero-order chi connectivity index (χ0) is 22.7. The molecule has 1 aromatic heterocycles.